The Labute approximate surface area is 231 Å². The molecule has 5 aromatic rings. The van der Waals surface area contributed by atoms with E-state index in [-0.39, 0.29) is 17.4 Å². The summed E-state index contributed by atoms with van der Waals surface area (Å²) < 4.78 is 25.3. The summed E-state index contributed by atoms with van der Waals surface area (Å²) in [6.45, 7) is 1.63. The maximum absolute atomic E-state index is 12.9. The fourth-order valence-electron chi connectivity index (χ4n) is 4.63. The second-order valence-electron chi connectivity index (χ2n) is 9.69. The fraction of sp³-hybridized carbons (Fsp3) is 0.172. The molecule has 2 aromatic heterocycles. The highest BCUT2D eigenvalue weighted by Crippen LogP contribution is 2.23. The molecule has 6 rings (SSSR count). The molecule has 0 atom stereocenters. The molecule has 11 heteroatoms. The van der Waals surface area contributed by atoms with Crippen LogP contribution in [0.4, 0.5) is 5.69 Å². The number of aromatic nitrogens is 5. The SMILES string of the molecule is O=C(Nc1ccc(-c2nc(-c3cccc(-n4ccnc4)c3)n[nH]2)cc1)c1cccc(CN2CCS(=O)(=O)CC2)c1. The average Bonchev–Trinajstić information content (AvgIpc) is 3.68. The van der Waals surface area contributed by atoms with Gasteiger partial charge in [0.15, 0.2) is 21.5 Å². The number of anilines is 1. The van der Waals surface area contributed by atoms with Crippen LogP contribution < -0.4 is 5.32 Å². The Morgan fingerprint density at radius 3 is 2.52 bits per heavy atom. The number of hydrogen-bond donors (Lipinski definition) is 2. The van der Waals surface area contributed by atoms with Crippen LogP contribution in [0.3, 0.4) is 0 Å². The molecule has 2 N–H and O–H groups in total. The van der Waals surface area contributed by atoms with Crippen molar-refractivity contribution in [1.82, 2.24) is 29.6 Å². The molecule has 202 valence electrons. The highest BCUT2D eigenvalue weighted by Gasteiger charge is 2.21. The van der Waals surface area contributed by atoms with Crippen molar-refractivity contribution in [3.63, 3.8) is 0 Å². The molecule has 0 aliphatic carbocycles. The number of H-pyrrole nitrogens is 1. The number of sulfone groups is 1. The molecule has 0 unspecified atom stereocenters. The molecule has 40 heavy (non-hydrogen) atoms. The topological polar surface area (TPSA) is 126 Å². The van der Waals surface area contributed by atoms with Crippen molar-refractivity contribution in [3.8, 4) is 28.5 Å². The van der Waals surface area contributed by atoms with E-state index in [1.165, 1.54) is 0 Å². The number of hydrogen-bond acceptors (Lipinski definition) is 7. The van der Waals surface area contributed by atoms with Gasteiger partial charge in [0.2, 0.25) is 0 Å². The first-order valence-corrected chi connectivity index (χ1v) is 14.7. The Bertz CT molecular complexity index is 1730. The van der Waals surface area contributed by atoms with Gasteiger partial charge in [0.25, 0.3) is 5.91 Å². The summed E-state index contributed by atoms with van der Waals surface area (Å²) in [5.74, 6) is 1.35. The molecular formula is C29H27N7O3S. The Kier molecular flexibility index (Phi) is 6.97. The largest absolute Gasteiger partial charge is 0.322 e. The molecule has 0 spiro atoms. The van der Waals surface area contributed by atoms with Crippen LogP contribution in [0.25, 0.3) is 28.5 Å². The van der Waals surface area contributed by atoms with Gasteiger partial charge < -0.3 is 9.88 Å². The van der Waals surface area contributed by atoms with Gasteiger partial charge in [-0.15, -0.1) is 0 Å². The fourth-order valence-corrected chi connectivity index (χ4v) is 5.91. The number of rotatable bonds is 7. The van der Waals surface area contributed by atoms with Gasteiger partial charge in [-0.1, -0.05) is 24.3 Å². The van der Waals surface area contributed by atoms with Crippen molar-refractivity contribution in [2.45, 2.75) is 6.54 Å². The highest BCUT2D eigenvalue weighted by molar-refractivity contribution is 7.91. The number of nitrogens with one attached hydrogen (secondary N) is 2. The van der Waals surface area contributed by atoms with E-state index in [4.69, 9.17) is 0 Å². The van der Waals surface area contributed by atoms with Crippen LogP contribution in [0.1, 0.15) is 15.9 Å². The van der Waals surface area contributed by atoms with Gasteiger partial charge in [0.1, 0.15) is 0 Å². The monoisotopic (exact) mass is 553 g/mol. The minimum atomic E-state index is -2.92. The third kappa shape index (κ3) is 5.85. The molecule has 3 heterocycles. The maximum Gasteiger partial charge on any atom is 0.255 e. The number of carbonyl (C=O) groups is 1. The van der Waals surface area contributed by atoms with E-state index in [1.807, 2.05) is 77.5 Å². The molecule has 1 fully saturated rings. The van der Waals surface area contributed by atoms with Crippen LogP contribution >= 0.6 is 0 Å². The maximum atomic E-state index is 12.9. The zero-order valence-electron chi connectivity index (χ0n) is 21.6. The third-order valence-corrected chi connectivity index (χ3v) is 8.45. The lowest BCUT2D eigenvalue weighted by atomic mass is 10.1. The summed E-state index contributed by atoms with van der Waals surface area (Å²) in [5.41, 5.74) is 4.86. The number of carbonyl (C=O) groups excluding carboxylic acids is 1. The highest BCUT2D eigenvalue weighted by atomic mass is 32.2. The van der Waals surface area contributed by atoms with Crippen LogP contribution in [0.15, 0.2) is 91.5 Å². The van der Waals surface area contributed by atoms with Crippen LogP contribution in [0.5, 0.6) is 0 Å². The predicted molar refractivity (Wildman–Crippen MR) is 153 cm³/mol. The summed E-state index contributed by atoms with van der Waals surface area (Å²) in [7, 11) is -2.92. The summed E-state index contributed by atoms with van der Waals surface area (Å²) in [5, 5.41) is 10.3. The molecule has 1 amide bonds. The smallest absolute Gasteiger partial charge is 0.255 e. The zero-order chi connectivity index (χ0) is 27.5. The van der Waals surface area contributed by atoms with E-state index in [0.29, 0.717) is 42.5 Å². The average molecular weight is 554 g/mol. The second kappa shape index (κ2) is 10.9. The third-order valence-electron chi connectivity index (χ3n) is 6.84. The number of nitrogens with zero attached hydrogens (tertiary/aromatic N) is 5. The van der Waals surface area contributed by atoms with Gasteiger partial charge in [0.05, 0.1) is 17.8 Å². The minimum absolute atomic E-state index is 0.179. The van der Waals surface area contributed by atoms with Crippen LogP contribution in [-0.2, 0) is 16.4 Å². The van der Waals surface area contributed by atoms with Crippen LogP contribution in [-0.4, -0.2) is 68.6 Å². The molecule has 3 aromatic carbocycles. The first kappa shape index (κ1) is 25.7. The van der Waals surface area contributed by atoms with E-state index >= 15 is 0 Å². The Morgan fingerprint density at radius 1 is 0.950 bits per heavy atom. The Morgan fingerprint density at radius 2 is 1.75 bits per heavy atom. The van der Waals surface area contributed by atoms with Gasteiger partial charge in [0, 0.05) is 60.1 Å². The molecule has 0 saturated carbocycles. The predicted octanol–water partition coefficient (Wildman–Crippen LogP) is 3.81. The molecule has 0 bridgehead atoms. The molecular weight excluding hydrogens is 526 g/mol. The van der Waals surface area contributed by atoms with Crippen molar-refractivity contribution in [1.29, 1.82) is 0 Å². The normalized spacial score (nSPS) is 15.1. The zero-order valence-corrected chi connectivity index (χ0v) is 22.4. The number of benzene rings is 3. The first-order valence-electron chi connectivity index (χ1n) is 12.9. The second-order valence-corrected chi connectivity index (χ2v) is 12.0. The summed E-state index contributed by atoms with van der Waals surface area (Å²) in [4.78, 5) is 23.8. The van der Waals surface area contributed by atoms with Gasteiger partial charge in [-0.3, -0.25) is 14.8 Å². The lowest BCUT2D eigenvalue weighted by Crippen LogP contribution is -2.39. The van der Waals surface area contributed by atoms with Crippen LogP contribution in [0, 0.1) is 0 Å². The van der Waals surface area contributed by atoms with Gasteiger partial charge in [-0.05, 0) is 54.1 Å². The number of amides is 1. The van der Waals surface area contributed by atoms with Crippen molar-refractivity contribution in [2.24, 2.45) is 0 Å². The Balaban J connectivity index is 1.10. The molecule has 1 saturated heterocycles. The van der Waals surface area contributed by atoms with Crippen LogP contribution in [0.2, 0.25) is 0 Å². The lowest BCUT2D eigenvalue weighted by molar-refractivity contribution is 0.102. The van der Waals surface area contributed by atoms with Gasteiger partial charge >= 0.3 is 0 Å². The summed E-state index contributed by atoms with van der Waals surface area (Å²) >= 11 is 0. The molecule has 1 aliphatic rings. The number of imidazole rings is 1. The van der Waals surface area contributed by atoms with Crippen molar-refractivity contribution < 1.29 is 13.2 Å². The van der Waals surface area contributed by atoms with Crippen molar-refractivity contribution in [3.05, 3.63) is 103 Å². The summed E-state index contributed by atoms with van der Waals surface area (Å²) in [6, 6.07) is 22.7. The lowest BCUT2D eigenvalue weighted by Gasteiger charge is -2.26. The van der Waals surface area contributed by atoms with Gasteiger partial charge in [-0.25, -0.2) is 18.4 Å². The standard InChI is InChI=1S/C29H27N7O3S/c37-29(24-5-1-3-21(17-24)19-35-13-15-40(38,39)16-14-35)31-25-9-7-22(8-10-25)27-32-28(34-33-27)23-4-2-6-26(18-23)36-12-11-30-20-36/h1-12,17-18,20H,13-16,19H2,(H,31,37)(H,32,33,34). The first-order chi connectivity index (χ1) is 19.4. The van der Waals surface area contributed by atoms with Crippen molar-refractivity contribution >= 4 is 21.4 Å². The molecule has 1 aliphatic heterocycles. The number of aromatic amines is 1. The quantitative estimate of drug-likeness (QED) is 0.314. The van der Waals surface area contributed by atoms with Gasteiger partial charge in [-0.2, -0.15) is 5.10 Å². The minimum Gasteiger partial charge on any atom is -0.322 e. The van der Waals surface area contributed by atoms with E-state index in [2.05, 4.69) is 30.4 Å². The van der Waals surface area contributed by atoms with Crippen molar-refractivity contribution in [2.75, 3.05) is 29.9 Å². The van der Waals surface area contributed by atoms with E-state index in [9.17, 15) is 13.2 Å². The van der Waals surface area contributed by atoms with E-state index < -0.39 is 9.84 Å². The van der Waals surface area contributed by atoms with E-state index in [0.717, 1.165) is 22.4 Å². The molecule has 10 nitrogen and oxygen atoms in total. The van der Waals surface area contributed by atoms with E-state index in [1.54, 1.807) is 18.6 Å². The summed E-state index contributed by atoms with van der Waals surface area (Å²) in [6.07, 6.45) is 5.35. The molecule has 0 radical (unpaired) electrons. The Hall–Kier alpha value is -4.61.